The van der Waals surface area contributed by atoms with Crippen LogP contribution in [-0.4, -0.2) is 16.1 Å². The lowest BCUT2D eigenvalue weighted by Gasteiger charge is -2.07. The fraction of sp³-hybridized carbons (Fsp3) is 0. The van der Waals surface area contributed by atoms with Gasteiger partial charge in [0.2, 0.25) is 5.13 Å². The number of amides is 1. The quantitative estimate of drug-likeness (QED) is 0.602. The number of aromatic nitrogens is 2. The number of carbonyl (C=O) groups is 1. The highest BCUT2D eigenvalue weighted by atomic mass is 35.5. The number of hydrogen-bond donors (Lipinski definition) is 1. The summed E-state index contributed by atoms with van der Waals surface area (Å²) in [5.41, 5.74) is 0.115. The van der Waals surface area contributed by atoms with Crippen LogP contribution >= 0.6 is 57.5 Å². The van der Waals surface area contributed by atoms with Crippen LogP contribution in [0.25, 0.3) is 9.88 Å². The average Bonchev–Trinajstić information content (AvgIpc) is 3.14. The van der Waals surface area contributed by atoms with Gasteiger partial charge in [-0.3, -0.25) is 10.1 Å². The molecule has 0 atom stereocenters. The highest BCUT2D eigenvalue weighted by molar-refractivity contribution is 7.23. The normalized spacial score (nSPS) is 10.7. The van der Waals surface area contributed by atoms with Gasteiger partial charge in [0.05, 0.1) is 25.5 Å². The van der Waals surface area contributed by atoms with E-state index in [1.54, 1.807) is 11.3 Å². The van der Waals surface area contributed by atoms with Crippen molar-refractivity contribution >= 4 is 68.5 Å². The van der Waals surface area contributed by atoms with Crippen molar-refractivity contribution < 1.29 is 4.79 Å². The number of benzene rings is 1. The van der Waals surface area contributed by atoms with Crippen LogP contribution in [0.4, 0.5) is 5.13 Å². The Morgan fingerprint density at radius 2 is 1.86 bits per heavy atom. The van der Waals surface area contributed by atoms with Crippen molar-refractivity contribution in [2.75, 3.05) is 5.32 Å². The van der Waals surface area contributed by atoms with Crippen molar-refractivity contribution in [3.8, 4) is 9.88 Å². The first kappa shape index (κ1) is 15.7. The Kier molecular flexibility index (Phi) is 4.65. The minimum absolute atomic E-state index is 0.106. The second-order valence-electron chi connectivity index (χ2n) is 4.06. The Hall–Kier alpha value is -1.18. The van der Waals surface area contributed by atoms with Gasteiger partial charge >= 0.3 is 0 Å². The summed E-state index contributed by atoms with van der Waals surface area (Å²) in [5.74, 6) is -0.480. The number of thiophene rings is 1. The number of anilines is 1. The number of nitrogens with one attached hydrogen (secondary N) is 1. The highest BCUT2D eigenvalue weighted by Gasteiger charge is 2.19. The van der Waals surface area contributed by atoms with E-state index in [4.69, 9.17) is 34.8 Å². The maximum atomic E-state index is 12.3. The molecule has 0 saturated carbocycles. The van der Waals surface area contributed by atoms with Crippen LogP contribution in [0, 0.1) is 0 Å². The van der Waals surface area contributed by atoms with E-state index < -0.39 is 5.91 Å². The van der Waals surface area contributed by atoms with Crippen molar-refractivity contribution in [3.63, 3.8) is 0 Å². The zero-order chi connectivity index (χ0) is 15.7. The molecular formula is C13H6Cl3N3OS2. The maximum absolute atomic E-state index is 12.3. The molecule has 3 aromatic rings. The second kappa shape index (κ2) is 6.52. The number of halogens is 3. The predicted molar refractivity (Wildman–Crippen MR) is 92.6 cm³/mol. The van der Waals surface area contributed by atoms with Gasteiger partial charge in [-0.05, 0) is 23.6 Å². The van der Waals surface area contributed by atoms with Crippen LogP contribution in [0.2, 0.25) is 15.1 Å². The number of carbonyl (C=O) groups excluding carboxylic acids is 1. The van der Waals surface area contributed by atoms with E-state index in [1.165, 1.54) is 23.5 Å². The van der Waals surface area contributed by atoms with Crippen molar-refractivity contribution in [3.05, 3.63) is 50.3 Å². The lowest BCUT2D eigenvalue weighted by molar-refractivity contribution is 0.102. The molecule has 0 radical (unpaired) electrons. The smallest absolute Gasteiger partial charge is 0.260 e. The van der Waals surface area contributed by atoms with E-state index >= 15 is 0 Å². The van der Waals surface area contributed by atoms with E-state index in [-0.39, 0.29) is 20.6 Å². The molecule has 112 valence electrons. The second-order valence-corrected chi connectivity index (χ2v) is 7.18. The molecule has 2 aromatic heterocycles. The van der Waals surface area contributed by atoms with Crippen molar-refractivity contribution in [1.82, 2.24) is 10.2 Å². The van der Waals surface area contributed by atoms with Crippen LogP contribution in [0.3, 0.4) is 0 Å². The lowest BCUT2D eigenvalue weighted by atomic mass is 10.2. The molecule has 0 aliphatic rings. The third-order valence-corrected chi connectivity index (χ3v) is 5.65. The SMILES string of the molecule is O=C(Nc1nnc(-c2cccs2)s1)c1c(Cl)ccc(Cl)c1Cl. The molecule has 9 heteroatoms. The van der Waals surface area contributed by atoms with Gasteiger partial charge in [0.15, 0.2) is 5.01 Å². The Labute approximate surface area is 148 Å². The van der Waals surface area contributed by atoms with Gasteiger partial charge in [-0.15, -0.1) is 21.5 Å². The molecule has 3 rings (SSSR count). The number of nitrogens with zero attached hydrogens (tertiary/aromatic N) is 2. The van der Waals surface area contributed by atoms with Gasteiger partial charge in [-0.2, -0.15) is 0 Å². The zero-order valence-corrected chi connectivity index (χ0v) is 14.5. The van der Waals surface area contributed by atoms with E-state index in [0.717, 1.165) is 9.88 Å². The van der Waals surface area contributed by atoms with Crippen LogP contribution in [-0.2, 0) is 0 Å². The lowest BCUT2D eigenvalue weighted by Crippen LogP contribution is -2.13. The zero-order valence-electron chi connectivity index (χ0n) is 10.6. The van der Waals surface area contributed by atoms with Crippen molar-refractivity contribution in [2.45, 2.75) is 0 Å². The molecule has 2 heterocycles. The Morgan fingerprint density at radius 1 is 1.09 bits per heavy atom. The molecule has 0 aliphatic heterocycles. The van der Waals surface area contributed by atoms with Crippen LogP contribution < -0.4 is 5.32 Å². The van der Waals surface area contributed by atoms with Gasteiger partial charge in [-0.1, -0.05) is 52.2 Å². The van der Waals surface area contributed by atoms with E-state index in [9.17, 15) is 4.79 Å². The standard InChI is InChI=1S/C13H6Cl3N3OS2/c14-6-3-4-7(15)10(16)9(6)11(20)17-13-19-18-12(22-13)8-2-1-5-21-8/h1-5H,(H,17,19,20). The summed E-state index contributed by atoms with van der Waals surface area (Å²) in [5, 5.41) is 14.2. The number of rotatable bonds is 3. The minimum Gasteiger partial charge on any atom is -0.296 e. The average molecular weight is 391 g/mol. The Bertz CT molecular complexity index is 833. The summed E-state index contributed by atoms with van der Waals surface area (Å²) in [6.07, 6.45) is 0. The Balaban J connectivity index is 1.85. The monoisotopic (exact) mass is 389 g/mol. The van der Waals surface area contributed by atoms with E-state index in [1.807, 2.05) is 17.5 Å². The summed E-state index contributed by atoms with van der Waals surface area (Å²) >= 11 is 20.8. The van der Waals surface area contributed by atoms with Gasteiger partial charge in [0.25, 0.3) is 5.91 Å². The molecule has 0 bridgehead atoms. The van der Waals surface area contributed by atoms with Crippen molar-refractivity contribution in [2.24, 2.45) is 0 Å². The minimum atomic E-state index is -0.480. The van der Waals surface area contributed by atoms with Gasteiger partial charge in [0, 0.05) is 0 Å². The fourth-order valence-electron chi connectivity index (χ4n) is 1.67. The van der Waals surface area contributed by atoms with Crippen molar-refractivity contribution in [1.29, 1.82) is 0 Å². The molecule has 4 nitrogen and oxygen atoms in total. The largest absolute Gasteiger partial charge is 0.296 e. The Morgan fingerprint density at radius 3 is 2.59 bits per heavy atom. The summed E-state index contributed by atoms with van der Waals surface area (Å²) in [7, 11) is 0. The topological polar surface area (TPSA) is 54.9 Å². The number of hydrogen-bond acceptors (Lipinski definition) is 5. The molecule has 0 aliphatic carbocycles. The molecular weight excluding hydrogens is 385 g/mol. The predicted octanol–water partition coefficient (Wildman–Crippen LogP) is 5.48. The summed E-state index contributed by atoms with van der Waals surface area (Å²) in [6.45, 7) is 0. The molecule has 22 heavy (non-hydrogen) atoms. The summed E-state index contributed by atoms with van der Waals surface area (Å²) < 4.78 is 0. The summed E-state index contributed by atoms with van der Waals surface area (Å²) in [6, 6.07) is 6.90. The molecule has 0 saturated heterocycles. The molecule has 0 fully saturated rings. The third-order valence-electron chi connectivity index (χ3n) is 2.65. The first-order valence-electron chi connectivity index (χ1n) is 5.88. The van der Waals surface area contributed by atoms with Crippen LogP contribution in [0.15, 0.2) is 29.6 Å². The third kappa shape index (κ3) is 3.11. The summed E-state index contributed by atoms with van der Waals surface area (Å²) in [4.78, 5) is 13.3. The molecule has 1 aromatic carbocycles. The van der Waals surface area contributed by atoms with Gasteiger partial charge < -0.3 is 0 Å². The molecule has 0 unspecified atom stereocenters. The first-order valence-corrected chi connectivity index (χ1v) is 8.71. The van der Waals surface area contributed by atoms with E-state index in [0.29, 0.717) is 5.13 Å². The fourth-order valence-corrected chi connectivity index (χ4v) is 3.90. The highest BCUT2D eigenvalue weighted by Crippen LogP contribution is 2.33. The van der Waals surface area contributed by atoms with Gasteiger partial charge in [-0.25, -0.2) is 0 Å². The molecule has 1 amide bonds. The molecule has 0 spiro atoms. The maximum Gasteiger partial charge on any atom is 0.260 e. The molecule has 1 N–H and O–H groups in total. The van der Waals surface area contributed by atoms with Crippen LogP contribution in [0.5, 0.6) is 0 Å². The van der Waals surface area contributed by atoms with Gasteiger partial charge in [0.1, 0.15) is 0 Å². The first-order chi connectivity index (χ1) is 10.6. The van der Waals surface area contributed by atoms with E-state index in [2.05, 4.69) is 15.5 Å². The van der Waals surface area contributed by atoms with Crippen LogP contribution in [0.1, 0.15) is 10.4 Å².